The fraction of sp³-hybridized carbons (Fsp3) is 0.545. The highest BCUT2D eigenvalue weighted by atomic mass is 32.2. The van der Waals surface area contributed by atoms with Gasteiger partial charge in [0.2, 0.25) is 5.76 Å². The minimum atomic E-state index is -1.01. The molecule has 0 bridgehead atoms. The van der Waals surface area contributed by atoms with Crippen LogP contribution in [-0.4, -0.2) is 41.4 Å². The summed E-state index contributed by atoms with van der Waals surface area (Å²) in [6.07, 6.45) is 2.60. The maximum absolute atomic E-state index is 10.6. The zero-order chi connectivity index (χ0) is 11.4. The van der Waals surface area contributed by atoms with Crippen LogP contribution in [0.3, 0.4) is 0 Å². The van der Waals surface area contributed by atoms with Crippen molar-refractivity contribution in [3.63, 3.8) is 0 Å². The first kappa shape index (κ1) is 11.5. The van der Waals surface area contributed by atoms with Crippen LogP contribution in [0.4, 0.5) is 0 Å². The number of carboxylic acids is 1. The highest BCUT2D eigenvalue weighted by Gasteiger charge is 2.12. The Balaban J connectivity index is 1.74. The average molecular weight is 241 g/mol. The Kier molecular flexibility index (Phi) is 3.90. The van der Waals surface area contributed by atoms with Crippen molar-refractivity contribution < 1.29 is 14.3 Å². The zero-order valence-corrected chi connectivity index (χ0v) is 9.83. The smallest absolute Gasteiger partial charge is 0.371 e. The van der Waals surface area contributed by atoms with Crippen molar-refractivity contribution >= 4 is 17.7 Å². The Bertz CT molecular complexity index is 358. The molecule has 5 heteroatoms. The second kappa shape index (κ2) is 5.41. The lowest BCUT2D eigenvalue weighted by atomic mass is 10.4. The number of thioether (sulfide) groups is 1. The Hall–Kier alpha value is -0.940. The molecule has 0 amide bonds. The van der Waals surface area contributed by atoms with Crippen LogP contribution in [0.2, 0.25) is 0 Å². The van der Waals surface area contributed by atoms with Crippen molar-refractivity contribution in [1.82, 2.24) is 4.90 Å². The largest absolute Gasteiger partial charge is 0.475 e. The van der Waals surface area contributed by atoms with Gasteiger partial charge in [0.25, 0.3) is 0 Å². The van der Waals surface area contributed by atoms with Gasteiger partial charge in [-0.1, -0.05) is 11.8 Å². The van der Waals surface area contributed by atoms with Crippen molar-refractivity contribution in [2.24, 2.45) is 0 Å². The predicted octanol–water partition coefficient (Wildman–Crippen LogP) is 2.17. The number of carbonyl (C=O) groups is 1. The van der Waals surface area contributed by atoms with Gasteiger partial charge in [-0.15, -0.1) is 0 Å². The first-order valence-electron chi connectivity index (χ1n) is 5.44. The van der Waals surface area contributed by atoms with Gasteiger partial charge in [0, 0.05) is 12.3 Å². The summed E-state index contributed by atoms with van der Waals surface area (Å²) in [7, 11) is 0. The van der Waals surface area contributed by atoms with E-state index in [2.05, 4.69) is 4.90 Å². The van der Waals surface area contributed by atoms with Crippen LogP contribution in [-0.2, 0) is 0 Å². The number of carboxylic acid groups (broad SMARTS) is 1. The summed E-state index contributed by atoms with van der Waals surface area (Å²) in [5, 5.41) is 9.38. The number of hydrogen-bond acceptors (Lipinski definition) is 4. The first-order chi connectivity index (χ1) is 7.75. The number of likely N-dealkylation sites (tertiary alicyclic amines) is 1. The van der Waals surface area contributed by atoms with Gasteiger partial charge >= 0.3 is 5.97 Å². The number of hydrogen-bond donors (Lipinski definition) is 1. The van der Waals surface area contributed by atoms with Crippen molar-refractivity contribution in [2.75, 3.05) is 25.4 Å². The summed E-state index contributed by atoms with van der Waals surface area (Å²) in [4.78, 5) is 13.0. The third-order valence-corrected chi connectivity index (χ3v) is 3.53. The highest BCUT2D eigenvalue weighted by Crippen LogP contribution is 2.21. The molecule has 1 aliphatic rings. The number of nitrogens with zero attached hydrogens (tertiary/aromatic N) is 1. The van der Waals surface area contributed by atoms with Crippen LogP contribution < -0.4 is 0 Å². The maximum atomic E-state index is 10.6. The molecule has 1 N–H and O–H groups in total. The lowest BCUT2D eigenvalue weighted by Crippen LogP contribution is -2.21. The first-order valence-corrected chi connectivity index (χ1v) is 6.42. The van der Waals surface area contributed by atoms with Crippen molar-refractivity contribution in [3.8, 4) is 0 Å². The summed E-state index contributed by atoms with van der Waals surface area (Å²) < 4.78 is 5.15. The molecule has 0 aromatic carbocycles. The van der Waals surface area contributed by atoms with E-state index >= 15 is 0 Å². The van der Waals surface area contributed by atoms with Crippen LogP contribution in [0.1, 0.15) is 23.4 Å². The lowest BCUT2D eigenvalue weighted by Gasteiger charge is -2.12. The van der Waals surface area contributed by atoms with Crippen LogP contribution >= 0.6 is 11.8 Å². The molecule has 0 atom stereocenters. The molecule has 1 aliphatic heterocycles. The van der Waals surface area contributed by atoms with Crippen LogP contribution in [0.25, 0.3) is 0 Å². The van der Waals surface area contributed by atoms with E-state index in [1.165, 1.54) is 32.0 Å². The molecule has 0 radical (unpaired) electrons. The molecular formula is C11H15NO3S. The van der Waals surface area contributed by atoms with Gasteiger partial charge in [0.05, 0.1) is 0 Å². The normalized spacial score (nSPS) is 16.8. The summed E-state index contributed by atoms with van der Waals surface area (Å²) >= 11 is 1.57. The minimum absolute atomic E-state index is 0.0173. The zero-order valence-electron chi connectivity index (χ0n) is 9.02. The Morgan fingerprint density at radius 2 is 2.19 bits per heavy atom. The topological polar surface area (TPSA) is 53.7 Å². The monoisotopic (exact) mass is 241 g/mol. The van der Waals surface area contributed by atoms with E-state index in [-0.39, 0.29) is 5.76 Å². The molecular weight excluding hydrogens is 226 g/mol. The van der Waals surface area contributed by atoms with Crippen LogP contribution in [0.5, 0.6) is 0 Å². The number of aromatic carboxylic acids is 1. The van der Waals surface area contributed by atoms with E-state index in [1.807, 2.05) is 0 Å². The average Bonchev–Trinajstić information content (AvgIpc) is 2.87. The molecule has 1 saturated heterocycles. The van der Waals surface area contributed by atoms with E-state index in [9.17, 15) is 4.79 Å². The Labute approximate surface area is 98.6 Å². The third-order valence-electron chi connectivity index (χ3n) is 2.64. The quantitative estimate of drug-likeness (QED) is 0.801. The summed E-state index contributed by atoms with van der Waals surface area (Å²) in [6, 6.07) is 3.22. The molecule has 0 unspecified atom stereocenters. The molecule has 88 valence electrons. The molecule has 2 rings (SSSR count). The van der Waals surface area contributed by atoms with E-state index in [0.717, 1.165) is 12.3 Å². The van der Waals surface area contributed by atoms with Crippen molar-refractivity contribution in [1.29, 1.82) is 0 Å². The van der Waals surface area contributed by atoms with Gasteiger partial charge in [-0.25, -0.2) is 4.79 Å². The SMILES string of the molecule is O=C(O)c1ccc(SCCN2CCCC2)o1. The second-order valence-electron chi connectivity index (χ2n) is 3.82. The summed E-state index contributed by atoms with van der Waals surface area (Å²) in [5.41, 5.74) is 0. The molecule has 1 aromatic rings. The molecule has 0 aliphatic carbocycles. The number of rotatable bonds is 5. The van der Waals surface area contributed by atoms with E-state index in [0.29, 0.717) is 5.09 Å². The fourth-order valence-electron chi connectivity index (χ4n) is 1.79. The standard InChI is InChI=1S/C11H15NO3S/c13-11(14)9-3-4-10(15-9)16-8-7-12-5-1-2-6-12/h3-4H,1-2,5-8H2,(H,13,14). The number of furan rings is 1. The van der Waals surface area contributed by atoms with Crippen molar-refractivity contribution in [2.45, 2.75) is 17.9 Å². The van der Waals surface area contributed by atoms with E-state index < -0.39 is 5.97 Å². The van der Waals surface area contributed by atoms with E-state index in [4.69, 9.17) is 9.52 Å². The van der Waals surface area contributed by atoms with Gasteiger partial charge in [-0.3, -0.25) is 0 Å². The van der Waals surface area contributed by atoms with Gasteiger partial charge < -0.3 is 14.4 Å². The summed E-state index contributed by atoms with van der Waals surface area (Å²) in [5.74, 6) is -0.0397. The van der Waals surface area contributed by atoms with Gasteiger partial charge in [0.15, 0.2) is 5.09 Å². The van der Waals surface area contributed by atoms with Crippen LogP contribution in [0.15, 0.2) is 21.6 Å². The highest BCUT2D eigenvalue weighted by molar-refractivity contribution is 7.99. The van der Waals surface area contributed by atoms with Gasteiger partial charge in [-0.2, -0.15) is 0 Å². The molecule has 4 nitrogen and oxygen atoms in total. The maximum Gasteiger partial charge on any atom is 0.371 e. The lowest BCUT2D eigenvalue weighted by molar-refractivity contribution is 0.0656. The second-order valence-corrected chi connectivity index (χ2v) is 4.92. The van der Waals surface area contributed by atoms with Crippen LogP contribution in [0, 0.1) is 0 Å². The van der Waals surface area contributed by atoms with Crippen molar-refractivity contribution in [3.05, 3.63) is 17.9 Å². The predicted molar refractivity (Wildman–Crippen MR) is 62.1 cm³/mol. The Morgan fingerprint density at radius 1 is 1.44 bits per heavy atom. The molecule has 0 spiro atoms. The van der Waals surface area contributed by atoms with Gasteiger partial charge in [-0.05, 0) is 38.1 Å². The Morgan fingerprint density at radius 3 is 2.81 bits per heavy atom. The molecule has 0 saturated carbocycles. The molecule has 2 heterocycles. The third kappa shape index (κ3) is 3.02. The minimum Gasteiger partial charge on any atom is -0.475 e. The molecule has 16 heavy (non-hydrogen) atoms. The molecule has 1 fully saturated rings. The van der Waals surface area contributed by atoms with E-state index in [1.54, 1.807) is 17.8 Å². The molecule has 1 aromatic heterocycles. The fourth-order valence-corrected chi connectivity index (χ4v) is 2.66. The van der Waals surface area contributed by atoms with Gasteiger partial charge in [0.1, 0.15) is 0 Å². The summed E-state index contributed by atoms with van der Waals surface area (Å²) in [6.45, 7) is 3.44.